The van der Waals surface area contributed by atoms with Crippen LogP contribution in [-0.4, -0.2) is 72.6 Å². The van der Waals surface area contributed by atoms with Crippen LogP contribution in [0.2, 0.25) is 0 Å². The lowest BCUT2D eigenvalue weighted by Crippen LogP contribution is -2.42. The molecule has 3 aliphatic rings. The van der Waals surface area contributed by atoms with Crippen LogP contribution in [-0.2, 0) is 0 Å². The summed E-state index contributed by atoms with van der Waals surface area (Å²) < 4.78 is 0. The summed E-state index contributed by atoms with van der Waals surface area (Å²) in [6.07, 6.45) is 4.30. The average Bonchev–Trinajstić information content (AvgIpc) is 3.03. The number of nitrogens with zero attached hydrogens (tertiary/aromatic N) is 1. The Labute approximate surface area is 110 Å². The Morgan fingerprint density at radius 3 is 2.00 bits per heavy atom. The van der Waals surface area contributed by atoms with E-state index in [1.54, 1.807) is 0 Å². The van der Waals surface area contributed by atoms with Crippen molar-refractivity contribution in [3.05, 3.63) is 0 Å². The minimum atomic E-state index is -0.0648. The van der Waals surface area contributed by atoms with Gasteiger partial charge >= 0.3 is 0 Å². The molecule has 4 N–H and O–H groups in total. The molecular weight excluding hydrogens is 230 g/mol. The summed E-state index contributed by atoms with van der Waals surface area (Å²) in [4.78, 5) is 2.45. The summed E-state index contributed by atoms with van der Waals surface area (Å²) in [6, 6.07) is 0.739. The van der Waals surface area contributed by atoms with Crippen molar-refractivity contribution >= 4 is 0 Å². The Balaban J connectivity index is 0.000000169. The summed E-state index contributed by atoms with van der Waals surface area (Å²) in [7, 11) is 0. The molecule has 3 fully saturated rings. The molecular formula is C13H27N3O2. The quantitative estimate of drug-likeness (QED) is 0.492. The van der Waals surface area contributed by atoms with Crippen molar-refractivity contribution in [3.8, 4) is 0 Å². The van der Waals surface area contributed by atoms with Crippen molar-refractivity contribution in [2.75, 3.05) is 39.3 Å². The number of aliphatic hydroxyl groups is 2. The normalized spacial score (nSPS) is 34.3. The van der Waals surface area contributed by atoms with Gasteiger partial charge in [0.1, 0.15) is 0 Å². The monoisotopic (exact) mass is 257 g/mol. The predicted molar refractivity (Wildman–Crippen MR) is 71.6 cm³/mol. The second-order valence-corrected chi connectivity index (χ2v) is 5.57. The van der Waals surface area contributed by atoms with Gasteiger partial charge in [0.25, 0.3) is 0 Å². The van der Waals surface area contributed by atoms with E-state index in [1.165, 1.54) is 12.8 Å². The van der Waals surface area contributed by atoms with E-state index >= 15 is 0 Å². The van der Waals surface area contributed by atoms with Gasteiger partial charge < -0.3 is 20.8 Å². The summed E-state index contributed by atoms with van der Waals surface area (Å²) in [5.41, 5.74) is 0. The Morgan fingerprint density at radius 1 is 0.833 bits per heavy atom. The van der Waals surface area contributed by atoms with Gasteiger partial charge in [-0.25, -0.2) is 0 Å². The molecule has 3 heterocycles. The maximum absolute atomic E-state index is 9.37. The van der Waals surface area contributed by atoms with E-state index in [1.807, 2.05) is 0 Å². The van der Waals surface area contributed by atoms with Crippen LogP contribution in [0.25, 0.3) is 0 Å². The topological polar surface area (TPSA) is 67.8 Å². The zero-order valence-corrected chi connectivity index (χ0v) is 11.1. The minimum Gasteiger partial charge on any atom is -0.392 e. The summed E-state index contributed by atoms with van der Waals surface area (Å²) in [6.45, 7) is 6.09. The largest absolute Gasteiger partial charge is 0.392 e. The molecule has 0 spiro atoms. The molecule has 3 aliphatic heterocycles. The van der Waals surface area contributed by atoms with Crippen LogP contribution in [0.3, 0.4) is 0 Å². The van der Waals surface area contributed by atoms with Gasteiger partial charge in [-0.05, 0) is 45.3 Å². The van der Waals surface area contributed by atoms with E-state index in [2.05, 4.69) is 15.5 Å². The van der Waals surface area contributed by atoms with Crippen molar-refractivity contribution in [3.63, 3.8) is 0 Å². The van der Waals surface area contributed by atoms with Crippen molar-refractivity contribution in [1.29, 1.82) is 0 Å². The molecule has 2 atom stereocenters. The highest BCUT2D eigenvalue weighted by atomic mass is 16.3. The molecule has 3 rings (SSSR count). The summed E-state index contributed by atoms with van der Waals surface area (Å²) >= 11 is 0. The Hall–Kier alpha value is -0.200. The van der Waals surface area contributed by atoms with Crippen molar-refractivity contribution < 1.29 is 10.2 Å². The number of hydrogen-bond acceptors (Lipinski definition) is 5. The number of nitrogens with one attached hydrogen (secondary N) is 2. The first kappa shape index (κ1) is 14.2. The number of rotatable bonds is 1. The van der Waals surface area contributed by atoms with Gasteiger partial charge in [-0.3, -0.25) is 4.90 Å². The van der Waals surface area contributed by atoms with Crippen LogP contribution >= 0.6 is 0 Å². The fourth-order valence-electron chi connectivity index (χ4n) is 2.91. The molecule has 0 saturated carbocycles. The standard InChI is InChI=1S/C9H18N2O.C4H9NO/c12-9-3-6-11(7-9)8-1-4-10-5-2-8;6-4-1-2-5-3-4/h8-10,12H,1-7H2;4-6H,1-3H2/t9-;4-/m11/s1. The summed E-state index contributed by atoms with van der Waals surface area (Å²) in [5.74, 6) is 0. The third-order valence-electron chi connectivity index (χ3n) is 4.05. The molecule has 5 heteroatoms. The van der Waals surface area contributed by atoms with Crippen molar-refractivity contribution in [2.24, 2.45) is 0 Å². The fraction of sp³-hybridized carbons (Fsp3) is 1.00. The summed E-state index contributed by atoms with van der Waals surface area (Å²) in [5, 5.41) is 24.4. The Bertz CT molecular complexity index is 226. The van der Waals surface area contributed by atoms with E-state index in [0.29, 0.717) is 0 Å². The third-order valence-corrected chi connectivity index (χ3v) is 4.05. The van der Waals surface area contributed by atoms with Gasteiger partial charge in [-0.1, -0.05) is 0 Å². The molecule has 0 amide bonds. The lowest BCUT2D eigenvalue weighted by atomic mass is 10.1. The smallest absolute Gasteiger partial charge is 0.0679 e. The van der Waals surface area contributed by atoms with Gasteiger partial charge in [0, 0.05) is 25.7 Å². The van der Waals surface area contributed by atoms with Gasteiger partial charge in [0.05, 0.1) is 12.2 Å². The molecule has 0 aliphatic carbocycles. The number of hydrogen-bond donors (Lipinski definition) is 4. The number of aliphatic hydroxyl groups excluding tert-OH is 2. The van der Waals surface area contributed by atoms with Crippen LogP contribution in [0.5, 0.6) is 0 Å². The molecule has 5 nitrogen and oxygen atoms in total. The van der Waals surface area contributed by atoms with Gasteiger partial charge in [0.2, 0.25) is 0 Å². The predicted octanol–water partition coefficient (Wildman–Crippen LogP) is -0.854. The third kappa shape index (κ3) is 4.48. The van der Waals surface area contributed by atoms with Crippen molar-refractivity contribution in [1.82, 2.24) is 15.5 Å². The zero-order valence-electron chi connectivity index (χ0n) is 11.1. The van der Waals surface area contributed by atoms with Crippen LogP contribution in [0.1, 0.15) is 25.7 Å². The minimum absolute atomic E-state index is 0.0557. The lowest BCUT2D eigenvalue weighted by molar-refractivity contribution is 0.145. The molecule has 0 aromatic carbocycles. The Morgan fingerprint density at radius 2 is 1.56 bits per heavy atom. The maximum atomic E-state index is 9.37. The van der Waals surface area contributed by atoms with E-state index < -0.39 is 0 Å². The van der Waals surface area contributed by atoms with Gasteiger partial charge in [-0.15, -0.1) is 0 Å². The Kier molecular flexibility index (Phi) is 5.85. The van der Waals surface area contributed by atoms with Crippen LogP contribution in [0.4, 0.5) is 0 Å². The van der Waals surface area contributed by atoms with E-state index in [4.69, 9.17) is 5.11 Å². The van der Waals surface area contributed by atoms with Gasteiger partial charge in [-0.2, -0.15) is 0 Å². The number of β-amino-alcohol motifs (C(OH)–C–C–N with tert-alkyl or cyclic N) is 2. The first-order valence-corrected chi connectivity index (χ1v) is 7.27. The van der Waals surface area contributed by atoms with Gasteiger partial charge in [0.15, 0.2) is 0 Å². The second kappa shape index (κ2) is 7.40. The van der Waals surface area contributed by atoms with Crippen molar-refractivity contribution in [2.45, 2.75) is 43.9 Å². The van der Waals surface area contributed by atoms with Crippen LogP contribution in [0, 0.1) is 0 Å². The zero-order chi connectivity index (χ0) is 12.8. The molecule has 18 heavy (non-hydrogen) atoms. The highest BCUT2D eigenvalue weighted by molar-refractivity contribution is 4.83. The molecule has 3 saturated heterocycles. The van der Waals surface area contributed by atoms with E-state index in [9.17, 15) is 5.11 Å². The SMILES string of the molecule is O[C@@H]1CCN(C2CCNCC2)C1.O[C@@H]1CCNC1. The molecule has 106 valence electrons. The first-order valence-electron chi connectivity index (χ1n) is 7.27. The molecule has 0 aromatic heterocycles. The molecule has 0 unspecified atom stereocenters. The average molecular weight is 257 g/mol. The van der Waals surface area contributed by atoms with E-state index in [-0.39, 0.29) is 12.2 Å². The second-order valence-electron chi connectivity index (χ2n) is 5.57. The number of likely N-dealkylation sites (tertiary alicyclic amines) is 1. The molecule has 0 bridgehead atoms. The molecule has 0 aromatic rings. The van der Waals surface area contributed by atoms with Crippen LogP contribution in [0.15, 0.2) is 0 Å². The lowest BCUT2D eigenvalue weighted by Gasteiger charge is -2.31. The number of piperidine rings is 1. The highest BCUT2D eigenvalue weighted by Crippen LogP contribution is 2.18. The fourth-order valence-corrected chi connectivity index (χ4v) is 2.91. The maximum Gasteiger partial charge on any atom is 0.0679 e. The van der Waals surface area contributed by atoms with Crippen LogP contribution < -0.4 is 10.6 Å². The van der Waals surface area contributed by atoms with E-state index in [0.717, 1.165) is 58.2 Å². The first-order chi connectivity index (χ1) is 8.75. The highest BCUT2D eigenvalue weighted by Gasteiger charge is 2.27. The molecule has 0 radical (unpaired) electrons.